The molecule has 0 spiro atoms. The zero-order valence-corrected chi connectivity index (χ0v) is 26.5. The van der Waals surface area contributed by atoms with Crippen LogP contribution in [0.15, 0.2) is 75.0 Å². The maximum atomic E-state index is 12.3. The Hall–Kier alpha value is -3.22. The summed E-state index contributed by atoms with van der Waals surface area (Å²) < 4.78 is 52.8. The van der Waals surface area contributed by atoms with Crippen LogP contribution in [0.5, 0.6) is 0 Å². The average Bonchev–Trinajstić information content (AvgIpc) is 3.68. The molecule has 0 aromatic carbocycles. The van der Waals surface area contributed by atoms with E-state index >= 15 is 0 Å². The van der Waals surface area contributed by atoms with E-state index < -0.39 is 20.0 Å². The van der Waals surface area contributed by atoms with Gasteiger partial charge >= 0.3 is 0 Å². The Morgan fingerprint density at radius 3 is 1.71 bits per heavy atom. The number of hydrogen-bond donors (Lipinski definition) is 3. The Kier molecular flexibility index (Phi) is 9.55. The summed E-state index contributed by atoms with van der Waals surface area (Å²) in [6, 6.07) is 5.89. The van der Waals surface area contributed by atoms with Gasteiger partial charge in [-0.3, -0.25) is 9.44 Å². The number of anilines is 4. The molecule has 216 valence electrons. The van der Waals surface area contributed by atoms with Crippen molar-refractivity contribution in [2.45, 2.75) is 36.0 Å². The van der Waals surface area contributed by atoms with Crippen LogP contribution in [-0.2, 0) is 25.5 Å². The second-order valence-electron chi connectivity index (χ2n) is 8.99. The van der Waals surface area contributed by atoms with Crippen molar-refractivity contribution in [1.29, 1.82) is 0 Å². The van der Waals surface area contributed by atoms with Gasteiger partial charge in [0.1, 0.15) is 20.8 Å². The van der Waals surface area contributed by atoms with Crippen LogP contribution in [0.4, 0.5) is 21.2 Å². The maximum absolute atomic E-state index is 12.3. The average molecular weight is 671 g/mol. The molecule has 0 aliphatic carbocycles. The predicted octanol–water partition coefficient (Wildman–Crippen LogP) is 5.83. The SMILES string of the molecule is CC(C)(C)c1csc(Nc2ccc(S(=O)(=O)Nc3nccs3)cn2)n1.O=S(=O)(Nc1nccs1)c1ccc(Cl)nc1. The minimum absolute atomic E-state index is 0.0245. The molecule has 3 N–H and O–H groups in total. The van der Waals surface area contributed by atoms with Crippen LogP contribution >= 0.6 is 45.6 Å². The summed E-state index contributed by atoms with van der Waals surface area (Å²) in [6.07, 6.45) is 5.55. The van der Waals surface area contributed by atoms with Gasteiger partial charge in [-0.25, -0.2) is 41.8 Å². The van der Waals surface area contributed by atoms with Gasteiger partial charge in [-0.15, -0.1) is 34.0 Å². The van der Waals surface area contributed by atoms with Crippen molar-refractivity contribution in [3.63, 3.8) is 0 Å². The molecule has 12 nitrogen and oxygen atoms in total. The van der Waals surface area contributed by atoms with E-state index in [4.69, 9.17) is 11.6 Å². The van der Waals surface area contributed by atoms with Crippen LogP contribution in [0.3, 0.4) is 0 Å². The summed E-state index contributed by atoms with van der Waals surface area (Å²) in [5, 5.41) is 10.1. The minimum atomic E-state index is -3.69. The molecule has 0 unspecified atom stereocenters. The van der Waals surface area contributed by atoms with Crippen molar-refractivity contribution in [2.24, 2.45) is 0 Å². The number of hydrogen-bond acceptors (Lipinski definition) is 13. The minimum Gasteiger partial charge on any atom is -0.316 e. The molecule has 0 saturated carbocycles. The highest BCUT2D eigenvalue weighted by molar-refractivity contribution is 7.93. The first-order valence-corrected chi connectivity index (χ1v) is 17.5. The van der Waals surface area contributed by atoms with E-state index in [1.165, 1.54) is 77.0 Å². The molecule has 0 aliphatic rings. The summed E-state index contributed by atoms with van der Waals surface area (Å²) in [6.45, 7) is 6.29. The van der Waals surface area contributed by atoms with Gasteiger partial charge in [0.2, 0.25) is 0 Å². The van der Waals surface area contributed by atoms with E-state index in [0.29, 0.717) is 21.2 Å². The van der Waals surface area contributed by atoms with Crippen LogP contribution < -0.4 is 14.8 Å². The van der Waals surface area contributed by atoms with Gasteiger partial charge in [0.05, 0.1) is 5.69 Å². The highest BCUT2D eigenvalue weighted by Crippen LogP contribution is 2.28. The molecule has 18 heteroatoms. The molecule has 0 amide bonds. The summed E-state index contributed by atoms with van der Waals surface area (Å²) in [4.78, 5) is 20.2. The van der Waals surface area contributed by atoms with Gasteiger partial charge in [-0.1, -0.05) is 32.4 Å². The number of sulfonamides is 2. The predicted molar refractivity (Wildman–Crippen MR) is 163 cm³/mol. The van der Waals surface area contributed by atoms with Crippen LogP contribution in [0.25, 0.3) is 0 Å². The Morgan fingerprint density at radius 1 is 0.732 bits per heavy atom. The van der Waals surface area contributed by atoms with Crippen molar-refractivity contribution in [1.82, 2.24) is 24.9 Å². The summed E-state index contributed by atoms with van der Waals surface area (Å²) in [5.41, 5.74) is 0.968. The first kappa shape index (κ1) is 30.7. The molecule has 0 bridgehead atoms. The first-order valence-electron chi connectivity index (χ1n) is 11.5. The lowest BCUT2D eigenvalue weighted by Crippen LogP contribution is -2.13. The summed E-state index contributed by atoms with van der Waals surface area (Å²) >= 11 is 9.46. The fraction of sp³-hybridized carbons (Fsp3) is 0.174. The molecule has 0 saturated heterocycles. The number of nitrogens with one attached hydrogen (secondary N) is 3. The summed E-state index contributed by atoms with van der Waals surface area (Å²) in [7, 11) is -7.32. The highest BCUT2D eigenvalue weighted by Gasteiger charge is 2.19. The van der Waals surface area contributed by atoms with Gasteiger partial charge < -0.3 is 5.32 Å². The van der Waals surface area contributed by atoms with Gasteiger partial charge in [-0.2, -0.15) is 0 Å². The smallest absolute Gasteiger partial charge is 0.265 e. The van der Waals surface area contributed by atoms with Crippen LogP contribution in [0.2, 0.25) is 5.15 Å². The van der Waals surface area contributed by atoms with Gasteiger partial charge in [-0.05, 0) is 24.3 Å². The van der Waals surface area contributed by atoms with Crippen molar-refractivity contribution in [3.05, 3.63) is 76.0 Å². The third-order valence-electron chi connectivity index (χ3n) is 4.87. The standard InChI is InChI=1S/C15H17N5O2S3.C8H6ClN3O2S2/c1-15(2,3)11-9-24-14(18-11)19-12-5-4-10(8-17-12)25(21,22)20-13-16-6-7-23-13;9-7-2-1-6(5-11-7)16(13,14)12-8-10-3-4-15-8/h4-9H,1-3H3,(H,16,20)(H,17,18,19);1-5H,(H,10,12). The molecular formula is C23H23ClN8O4S5. The third kappa shape index (κ3) is 8.64. The highest BCUT2D eigenvalue weighted by atomic mass is 35.5. The molecule has 5 rings (SSSR count). The number of halogens is 1. The lowest BCUT2D eigenvalue weighted by Gasteiger charge is -2.14. The number of pyridine rings is 2. The fourth-order valence-electron chi connectivity index (χ4n) is 2.82. The van der Waals surface area contributed by atoms with E-state index in [2.05, 4.69) is 60.5 Å². The molecule has 5 aromatic heterocycles. The number of thiazole rings is 3. The monoisotopic (exact) mass is 670 g/mol. The lowest BCUT2D eigenvalue weighted by molar-refractivity contribution is 0.573. The van der Waals surface area contributed by atoms with Gasteiger partial charge in [0, 0.05) is 46.3 Å². The Morgan fingerprint density at radius 2 is 1.29 bits per heavy atom. The van der Waals surface area contributed by atoms with Gasteiger partial charge in [0.25, 0.3) is 20.0 Å². The maximum Gasteiger partial charge on any atom is 0.265 e. The quantitative estimate of drug-likeness (QED) is 0.171. The van der Waals surface area contributed by atoms with Gasteiger partial charge in [0.15, 0.2) is 15.4 Å². The summed E-state index contributed by atoms with van der Waals surface area (Å²) in [5.74, 6) is 0.531. The molecule has 0 aliphatic heterocycles. The van der Waals surface area contributed by atoms with E-state index in [9.17, 15) is 16.8 Å². The van der Waals surface area contributed by atoms with E-state index in [1.807, 2.05) is 5.38 Å². The molecule has 0 fully saturated rings. The van der Waals surface area contributed by atoms with Crippen molar-refractivity contribution in [2.75, 3.05) is 14.8 Å². The largest absolute Gasteiger partial charge is 0.316 e. The number of rotatable bonds is 8. The number of nitrogens with zero attached hydrogens (tertiary/aromatic N) is 5. The Balaban J connectivity index is 0.000000208. The lowest BCUT2D eigenvalue weighted by atomic mass is 9.93. The van der Waals surface area contributed by atoms with Crippen LogP contribution in [0.1, 0.15) is 26.5 Å². The van der Waals surface area contributed by atoms with Crippen LogP contribution in [0, 0.1) is 0 Å². The van der Waals surface area contributed by atoms with Crippen molar-refractivity contribution in [3.8, 4) is 0 Å². The first-order chi connectivity index (χ1) is 19.3. The van der Waals surface area contributed by atoms with Crippen molar-refractivity contribution < 1.29 is 16.8 Å². The van der Waals surface area contributed by atoms with E-state index in [1.54, 1.807) is 16.8 Å². The molecule has 0 radical (unpaired) electrons. The second kappa shape index (κ2) is 12.7. The topological polar surface area (TPSA) is 169 Å². The molecule has 41 heavy (non-hydrogen) atoms. The van der Waals surface area contributed by atoms with Crippen LogP contribution in [-0.4, -0.2) is 41.8 Å². The Bertz CT molecular complexity index is 1770. The van der Waals surface area contributed by atoms with E-state index in [0.717, 1.165) is 5.69 Å². The molecule has 0 atom stereocenters. The zero-order chi connectivity index (χ0) is 29.7. The molecule has 5 aromatic rings. The second-order valence-corrected chi connectivity index (χ2v) is 15.4. The molecular weight excluding hydrogens is 648 g/mol. The fourth-order valence-corrected chi connectivity index (χ4v) is 7.34. The van der Waals surface area contributed by atoms with Crippen molar-refractivity contribution >= 4 is 86.9 Å². The molecule has 5 heterocycles. The van der Waals surface area contributed by atoms with E-state index in [-0.39, 0.29) is 20.4 Å². The third-order valence-corrected chi connectivity index (χ3v) is 10.1. The number of aromatic nitrogens is 5. The normalized spacial score (nSPS) is 11.8. The zero-order valence-electron chi connectivity index (χ0n) is 21.6. The Labute approximate surface area is 254 Å².